The predicted octanol–water partition coefficient (Wildman–Crippen LogP) is 8.83. The third kappa shape index (κ3) is 10.8. The van der Waals surface area contributed by atoms with Crippen molar-refractivity contribution in [2.75, 3.05) is 40.5 Å². The Morgan fingerprint density at radius 3 is 2.43 bits per heavy atom. The van der Waals surface area contributed by atoms with E-state index in [1.165, 1.54) is 5.57 Å². The second kappa shape index (κ2) is 20.2. The molecule has 1 aliphatic carbocycles. The highest BCUT2D eigenvalue weighted by atomic mass is 32.2. The molecule has 3 fully saturated rings. The Kier molecular flexibility index (Phi) is 15.3. The molecule has 3 N–H and O–H groups in total. The molecular weight excluding hydrogens is 781 g/mol. The van der Waals surface area contributed by atoms with Crippen LogP contribution in [0.3, 0.4) is 0 Å². The summed E-state index contributed by atoms with van der Waals surface area (Å²) in [5, 5.41) is 17.3. The number of esters is 1. The molecule has 2 aromatic carbocycles. The quantitative estimate of drug-likeness (QED) is 0.0315. The molecule has 12 heteroatoms. The number of urea groups is 1. The fourth-order valence-corrected chi connectivity index (χ4v) is 10.9. The van der Waals surface area contributed by atoms with E-state index in [1.807, 2.05) is 43.0 Å². The Morgan fingerprint density at radius 1 is 0.950 bits per heavy atom. The summed E-state index contributed by atoms with van der Waals surface area (Å²) in [4.78, 5) is 24.0. The van der Waals surface area contributed by atoms with Crippen molar-refractivity contribution >= 4 is 35.9 Å². The predicted molar refractivity (Wildman–Crippen MR) is 238 cm³/mol. The maximum Gasteiger partial charge on any atom is 0.315 e. The summed E-state index contributed by atoms with van der Waals surface area (Å²) in [5.74, 6) is 3.87. The number of thioether (sulfide) groups is 1. The molecule has 6 atom stereocenters. The average Bonchev–Trinajstić information content (AvgIpc) is 3.79. The van der Waals surface area contributed by atoms with Crippen molar-refractivity contribution in [3.05, 3.63) is 69.8 Å². The molecule has 60 heavy (non-hydrogen) atoms. The van der Waals surface area contributed by atoms with Gasteiger partial charge < -0.3 is 44.2 Å². The van der Waals surface area contributed by atoms with Gasteiger partial charge in [-0.25, -0.2) is 4.79 Å². The molecule has 2 aromatic rings. The number of aliphatic hydroxyl groups is 1. The highest BCUT2D eigenvalue weighted by Gasteiger charge is 2.55. The number of fused-ring (bicyclic) bond motifs is 3. The van der Waals surface area contributed by atoms with Gasteiger partial charge in [0.2, 0.25) is 0 Å². The largest absolute Gasteiger partial charge is 0.496 e. The van der Waals surface area contributed by atoms with Crippen molar-refractivity contribution in [3.63, 3.8) is 0 Å². The molecule has 3 aliphatic heterocycles. The first-order chi connectivity index (χ1) is 28.7. The number of carbonyl (C=O) groups is 2. The molecule has 0 spiro atoms. The number of ether oxygens (including phenoxy) is 6. The van der Waals surface area contributed by atoms with Gasteiger partial charge in [-0.05, 0) is 124 Å². The van der Waals surface area contributed by atoms with Crippen molar-refractivity contribution in [1.29, 1.82) is 0 Å². The first-order valence-corrected chi connectivity index (χ1v) is 22.5. The first-order valence-electron chi connectivity index (χ1n) is 21.5. The van der Waals surface area contributed by atoms with Crippen LogP contribution in [0.1, 0.15) is 108 Å². The second-order valence-electron chi connectivity index (χ2n) is 17.7. The van der Waals surface area contributed by atoms with E-state index < -0.39 is 0 Å². The maximum atomic E-state index is 12.4. The molecule has 328 valence electrons. The summed E-state index contributed by atoms with van der Waals surface area (Å²) in [6, 6.07) is 8.58. The van der Waals surface area contributed by atoms with Gasteiger partial charge >= 0.3 is 12.0 Å². The molecule has 2 saturated heterocycles. The average molecular weight is 847 g/mol. The van der Waals surface area contributed by atoms with Crippen LogP contribution in [0.4, 0.5) is 4.79 Å². The highest BCUT2D eigenvalue weighted by molar-refractivity contribution is 8.00. The molecule has 0 radical (unpaired) electrons. The lowest BCUT2D eigenvalue weighted by molar-refractivity contribution is -0.142. The highest BCUT2D eigenvalue weighted by Crippen LogP contribution is 2.55. The number of hydrogen-bond donors (Lipinski definition) is 3. The van der Waals surface area contributed by atoms with Gasteiger partial charge in [0.15, 0.2) is 18.3 Å². The minimum Gasteiger partial charge on any atom is -0.496 e. The summed E-state index contributed by atoms with van der Waals surface area (Å²) in [7, 11) is 4.96. The van der Waals surface area contributed by atoms with Gasteiger partial charge in [-0.2, -0.15) is 11.8 Å². The van der Waals surface area contributed by atoms with E-state index in [1.54, 1.807) is 21.3 Å². The van der Waals surface area contributed by atoms with E-state index >= 15 is 0 Å². The van der Waals surface area contributed by atoms with Crippen molar-refractivity contribution in [1.82, 2.24) is 10.6 Å². The van der Waals surface area contributed by atoms with E-state index in [2.05, 4.69) is 62.6 Å². The number of rotatable bonds is 19. The number of unbranched alkanes of at least 4 members (excludes halogenated alkanes) is 1. The Labute approximate surface area is 361 Å². The number of carbonyl (C=O) groups excluding carboxylic acids is 2. The monoisotopic (exact) mass is 846 g/mol. The van der Waals surface area contributed by atoms with Crippen molar-refractivity contribution < 1.29 is 43.1 Å². The van der Waals surface area contributed by atoms with Gasteiger partial charge in [0.05, 0.1) is 32.4 Å². The third-order valence-electron chi connectivity index (χ3n) is 13.0. The number of allylic oxidation sites excluding steroid dienone is 3. The van der Waals surface area contributed by atoms with E-state index in [4.69, 9.17) is 28.4 Å². The molecule has 0 bridgehead atoms. The topological polar surface area (TPSA) is 134 Å². The maximum absolute atomic E-state index is 12.4. The first kappa shape index (κ1) is 45.4. The van der Waals surface area contributed by atoms with Crippen LogP contribution in [0.5, 0.6) is 23.0 Å². The van der Waals surface area contributed by atoms with Crippen LogP contribution in [0, 0.1) is 11.3 Å². The normalized spacial score (nSPS) is 25.8. The number of amides is 2. The second-order valence-corrected chi connectivity index (χ2v) is 19.0. The number of aliphatic hydroxyl groups excluding tert-OH is 1. The molecule has 2 amide bonds. The lowest BCUT2D eigenvalue weighted by Crippen LogP contribution is -2.58. The Morgan fingerprint density at radius 2 is 1.68 bits per heavy atom. The van der Waals surface area contributed by atoms with Gasteiger partial charge in [-0.1, -0.05) is 50.1 Å². The zero-order chi connectivity index (χ0) is 43.0. The third-order valence-corrected chi connectivity index (χ3v) is 14.5. The van der Waals surface area contributed by atoms with Crippen molar-refractivity contribution in [3.8, 4) is 23.0 Å². The minimum absolute atomic E-state index is 0.0662. The lowest BCUT2D eigenvalue weighted by atomic mass is 9.57. The zero-order valence-corrected chi connectivity index (χ0v) is 37.6. The molecular formula is C48H66N2O9S. The van der Waals surface area contributed by atoms with E-state index in [0.717, 1.165) is 96.4 Å². The van der Waals surface area contributed by atoms with Gasteiger partial charge in [-0.15, -0.1) is 0 Å². The summed E-state index contributed by atoms with van der Waals surface area (Å²) in [6.45, 7) is 11.0. The Balaban J connectivity index is 1.02. The van der Waals surface area contributed by atoms with Crippen molar-refractivity contribution in [2.45, 2.75) is 128 Å². The number of methoxy groups -OCH3 is 3. The summed E-state index contributed by atoms with van der Waals surface area (Å²) < 4.78 is 35.4. The summed E-state index contributed by atoms with van der Waals surface area (Å²) in [6.07, 6.45) is 15.9. The van der Waals surface area contributed by atoms with Gasteiger partial charge in [0.1, 0.15) is 23.7 Å². The van der Waals surface area contributed by atoms with E-state index in [-0.39, 0.29) is 53.9 Å². The van der Waals surface area contributed by atoms with Crippen LogP contribution in [0.25, 0.3) is 12.2 Å². The van der Waals surface area contributed by atoms with E-state index in [9.17, 15) is 14.7 Å². The summed E-state index contributed by atoms with van der Waals surface area (Å²) in [5.41, 5.74) is 5.55. The lowest BCUT2D eigenvalue weighted by Gasteiger charge is -2.55. The number of hydrogen-bond acceptors (Lipinski definition) is 10. The molecule has 6 rings (SSSR count). The van der Waals surface area contributed by atoms with Crippen LogP contribution in [-0.2, 0) is 27.1 Å². The van der Waals surface area contributed by atoms with Gasteiger partial charge in [0.25, 0.3) is 0 Å². The van der Waals surface area contributed by atoms with Crippen LogP contribution in [-0.4, -0.2) is 86.6 Å². The summed E-state index contributed by atoms with van der Waals surface area (Å²) >= 11 is 1.90. The molecule has 1 saturated carbocycles. The van der Waals surface area contributed by atoms with Crippen LogP contribution < -0.4 is 29.6 Å². The Bertz CT molecular complexity index is 1940. The fourth-order valence-electron chi connectivity index (χ4n) is 9.31. The molecule has 0 unspecified atom stereocenters. The SMILES string of the molecule is COCOc1cc(/C=C/c2cc3c(c(OC)c2)O[C@]2(C)CC[C@@H](O)C(C)(C)[C@H]2C3)cc(OC)c1C/C=C(\C)CC/C=C(\C)COC(=O)CCCC[C@H]1SC[C@H]2NC(=O)N[C@H]21. The molecule has 0 aromatic heterocycles. The minimum atomic E-state index is -0.367. The number of nitrogens with one attached hydrogen (secondary N) is 2. The van der Waals surface area contributed by atoms with Crippen LogP contribution in [0.2, 0.25) is 0 Å². The smallest absolute Gasteiger partial charge is 0.315 e. The molecule has 11 nitrogen and oxygen atoms in total. The standard InChI is InChI=1S/C48H66N2O9S/c1-30(12-11-13-31(2)27-57-43(52)15-10-9-14-40-44-36(28-60-40)49-46(53)50-44)16-19-35-37(55-7)23-33(24-38(35)58-29-54-6)18-17-32-22-34-26-41-47(3,4)42(51)20-21-48(41,5)59-45(34)39(25-32)56-8/h13,16-18,22-25,36,40-42,44,51H,9-12,14-15,19-21,26-29H2,1-8H3,(H2,49,50,53)/b18-17+,30-16+,31-13+/t36-,40-,41-,42-,44-,48-/m1/s1. The Hall–Kier alpha value is -4.13. The van der Waals surface area contributed by atoms with Crippen molar-refractivity contribution in [2.24, 2.45) is 11.3 Å². The molecule has 3 heterocycles. The van der Waals surface area contributed by atoms with E-state index in [0.29, 0.717) is 36.2 Å². The zero-order valence-electron chi connectivity index (χ0n) is 36.8. The number of benzene rings is 2. The van der Waals surface area contributed by atoms with Gasteiger partial charge in [0, 0.05) is 36.0 Å². The van der Waals surface area contributed by atoms with Gasteiger partial charge in [-0.3, -0.25) is 4.79 Å². The fraction of sp³-hybridized carbons (Fsp3) is 0.583. The van der Waals surface area contributed by atoms with Crippen LogP contribution in [0.15, 0.2) is 47.6 Å². The molecule has 4 aliphatic rings. The van der Waals surface area contributed by atoms with Crippen LogP contribution >= 0.6 is 11.8 Å².